The minimum absolute atomic E-state index is 0.0850. The number of furan rings is 2. The summed E-state index contributed by atoms with van der Waals surface area (Å²) in [5.41, 5.74) is 37.3. The lowest BCUT2D eigenvalue weighted by atomic mass is 9.33. The van der Waals surface area contributed by atoms with Crippen LogP contribution in [0, 0.1) is 0 Å². The van der Waals surface area contributed by atoms with E-state index in [4.69, 9.17) is 8.83 Å². The Bertz CT molecular complexity index is 6970. The van der Waals surface area contributed by atoms with Crippen LogP contribution in [-0.2, 0) is 27.1 Å². The van der Waals surface area contributed by atoms with Crippen LogP contribution in [0.2, 0.25) is 0 Å². The Kier molecular flexibility index (Phi) is 19.8. The molecule has 0 bridgehead atoms. The molecule has 0 saturated carbocycles. The minimum Gasteiger partial charge on any atom is -0.455 e. The zero-order chi connectivity index (χ0) is 88.7. The molecule has 2 aromatic heterocycles. The first kappa shape index (κ1) is 81.6. The Morgan fingerprint density at radius 3 is 0.829 bits per heavy atom. The van der Waals surface area contributed by atoms with Gasteiger partial charge in [-0.15, -0.1) is 0 Å². The van der Waals surface area contributed by atoms with E-state index in [9.17, 15) is 0 Å². The van der Waals surface area contributed by atoms with Crippen LogP contribution >= 0.6 is 0 Å². The third-order valence-electron chi connectivity index (χ3n) is 26.8. The van der Waals surface area contributed by atoms with Gasteiger partial charge in [-0.05, 0) is 226 Å². The molecule has 630 valence electrons. The number of hydrogen-bond donors (Lipinski definition) is 0. The summed E-state index contributed by atoms with van der Waals surface area (Å²) in [7, 11) is 0. The van der Waals surface area contributed by atoms with Crippen molar-refractivity contribution in [1.29, 1.82) is 0 Å². The van der Waals surface area contributed by atoms with Gasteiger partial charge in [-0.2, -0.15) is 0 Å². The van der Waals surface area contributed by atoms with E-state index in [-0.39, 0.29) is 21.7 Å². The molecule has 2 aliphatic rings. The highest BCUT2D eigenvalue weighted by Gasteiger charge is 2.47. The Balaban J connectivity index is 0.950. The summed E-state index contributed by atoms with van der Waals surface area (Å²) >= 11 is 0. The van der Waals surface area contributed by atoms with Crippen molar-refractivity contribution < 1.29 is 8.83 Å². The van der Waals surface area contributed by atoms with Crippen molar-refractivity contribution in [2.75, 3.05) is 19.6 Å². The molecule has 19 aromatic rings. The van der Waals surface area contributed by atoms with Crippen molar-refractivity contribution in [3.63, 3.8) is 0 Å². The van der Waals surface area contributed by atoms with Gasteiger partial charge >= 0.3 is 0 Å². The van der Waals surface area contributed by atoms with Gasteiger partial charge in [0.05, 0.1) is 11.4 Å². The molecule has 4 heterocycles. The number of fused-ring (bicyclic) bond motifs is 10. The molecule has 21 rings (SSSR count). The number of hydrogen-bond acceptors (Lipinski definition) is 6. The van der Waals surface area contributed by atoms with Crippen molar-refractivity contribution in [2.24, 2.45) is 0 Å². The molecule has 129 heavy (non-hydrogen) atoms. The van der Waals surface area contributed by atoms with E-state index >= 15 is 0 Å². The average molecular weight is 1670 g/mol. The van der Waals surface area contributed by atoms with Gasteiger partial charge in [-0.1, -0.05) is 359 Å². The molecule has 0 unspecified atom stereocenters. The van der Waals surface area contributed by atoms with Crippen LogP contribution < -0.4 is 36.0 Å². The summed E-state index contributed by atoms with van der Waals surface area (Å²) in [4.78, 5) is 10.4. The molecule has 0 aliphatic carbocycles. The normalized spacial score (nSPS) is 12.9. The molecule has 7 heteroatoms. The van der Waals surface area contributed by atoms with E-state index in [1.54, 1.807) is 0 Å². The second-order valence-electron chi connectivity index (χ2n) is 40.5. The van der Waals surface area contributed by atoms with Gasteiger partial charge in [0.25, 0.3) is 6.71 Å². The largest absolute Gasteiger partial charge is 0.455 e. The fourth-order valence-electron chi connectivity index (χ4n) is 19.8. The third-order valence-corrected chi connectivity index (χ3v) is 26.8. The molecule has 0 N–H and O–H groups in total. The summed E-state index contributed by atoms with van der Waals surface area (Å²) in [6.45, 7) is 34.5. The van der Waals surface area contributed by atoms with Crippen LogP contribution in [0.25, 0.3) is 111 Å². The van der Waals surface area contributed by atoms with Gasteiger partial charge in [-0.3, -0.25) is 0 Å². The number of nitrogens with zero attached hydrogens (tertiary/aromatic N) is 4. The highest BCUT2D eigenvalue weighted by molar-refractivity contribution is 7.00. The van der Waals surface area contributed by atoms with Crippen molar-refractivity contribution in [1.82, 2.24) is 0 Å². The minimum atomic E-state index is -0.461. The number of anilines is 12. The molecule has 2 aliphatic heterocycles. The highest BCUT2D eigenvalue weighted by Crippen LogP contribution is 2.58. The van der Waals surface area contributed by atoms with Crippen LogP contribution in [0.15, 0.2) is 385 Å². The maximum atomic E-state index is 7.40. The Morgan fingerprint density at radius 1 is 0.217 bits per heavy atom. The fourth-order valence-corrected chi connectivity index (χ4v) is 19.8. The van der Waals surface area contributed by atoms with Crippen molar-refractivity contribution in [3.8, 4) is 66.8 Å². The number of para-hydroxylation sites is 4. The van der Waals surface area contributed by atoms with Gasteiger partial charge in [0, 0.05) is 112 Å². The van der Waals surface area contributed by atoms with Crippen LogP contribution in [0.5, 0.6) is 0 Å². The predicted octanol–water partition coefficient (Wildman–Crippen LogP) is 33.0. The molecule has 6 nitrogen and oxygen atoms in total. The quantitative estimate of drug-likeness (QED) is 0.101. The Labute approximate surface area is 760 Å². The van der Waals surface area contributed by atoms with Crippen LogP contribution in [0.4, 0.5) is 68.2 Å². The van der Waals surface area contributed by atoms with Gasteiger partial charge in [-0.25, -0.2) is 0 Å². The van der Waals surface area contributed by atoms with E-state index in [1.165, 1.54) is 27.7 Å². The maximum absolute atomic E-state index is 7.40. The summed E-state index contributed by atoms with van der Waals surface area (Å²) in [5.74, 6) is 0. The third kappa shape index (κ3) is 14.6. The molecule has 0 saturated heterocycles. The Hall–Kier alpha value is -14.4. The molecule has 17 aromatic carbocycles. The lowest BCUT2D eigenvalue weighted by molar-refractivity contribution is 0.590. The first-order chi connectivity index (χ1) is 62.1. The van der Waals surface area contributed by atoms with E-state index in [1.807, 2.05) is 0 Å². The summed E-state index contributed by atoms with van der Waals surface area (Å²) < 4.78 is 14.8. The van der Waals surface area contributed by atoms with Crippen molar-refractivity contribution >= 4 is 135 Å². The average Bonchev–Trinajstić information content (AvgIpc) is 1.64. The zero-order valence-electron chi connectivity index (χ0n) is 76.5. The van der Waals surface area contributed by atoms with Crippen molar-refractivity contribution in [2.45, 2.75) is 131 Å². The van der Waals surface area contributed by atoms with E-state index in [2.05, 4.69) is 500 Å². The monoisotopic (exact) mass is 1670 g/mol. The molecule has 0 radical (unpaired) electrons. The van der Waals surface area contributed by atoms with Crippen molar-refractivity contribution in [3.05, 3.63) is 404 Å². The highest BCUT2D eigenvalue weighted by atomic mass is 16.3. The second-order valence-corrected chi connectivity index (χ2v) is 40.5. The maximum Gasteiger partial charge on any atom is 0.252 e. The van der Waals surface area contributed by atoms with Gasteiger partial charge in [0.2, 0.25) is 0 Å². The van der Waals surface area contributed by atoms with Gasteiger partial charge < -0.3 is 28.4 Å². The second kappa shape index (κ2) is 31.3. The zero-order valence-corrected chi connectivity index (χ0v) is 76.5. The predicted molar refractivity (Wildman–Crippen MR) is 551 cm³/mol. The lowest BCUT2D eigenvalue weighted by Crippen LogP contribution is -2.61. The summed E-state index contributed by atoms with van der Waals surface area (Å²) in [5, 5.41) is 4.24. The summed E-state index contributed by atoms with van der Waals surface area (Å²) in [6, 6.07) is 142. The molecule has 0 spiro atoms. The van der Waals surface area contributed by atoms with Gasteiger partial charge in [0.15, 0.2) is 0 Å². The molecular formula is C122H107BN4O2. The first-order valence-electron chi connectivity index (χ1n) is 45.6. The lowest BCUT2D eigenvalue weighted by Gasteiger charge is -2.47. The van der Waals surface area contributed by atoms with Crippen LogP contribution in [0.3, 0.4) is 0 Å². The smallest absolute Gasteiger partial charge is 0.252 e. The van der Waals surface area contributed by atoms with Crippen LogP contribution in [-0.4, -0.2) is 6.71 Å². The standard InChI is InChI=1S/C122H107BN4O2/c1-118(2,3)84-50-58-89(59-51-84)124(90-60-52-85(53-61-90)119(4,5)6)93-66-68-105-107(76-93)126(114-101(80-38-24-18-25-39-80)70-82(78-34-20-16-21-35-78)72-103(114)99-46-32-44-97-95-42-28-30-48-111(95)128-116(97)99)109-74-88(122(13,14)15)75-110-113(109)123(105)106-69-67-94(125(91-62-54-86(55-63-91)120(7,8)9)92-64-56-87(57-65-92)121(10,11)12)77-108(106)127(110)115-102(81-40-26-19-27-41-81)71-83(79-36-22-17-23-37-79)73-104(115)100-47-33-45-98-96-43-29-31-49-112(96)129-117(98)100/h16-77H,1-15H3. The fraction of sp³-hybridized carbons (Fsp3) is 0.164. The topological polar surface area (TPSA) is 39.2 Å². The summed E-state index contributed by atoms with van der Waals surface area (Å²) in [6.07, 6.45) is 0. The SMILES string of the molecule is CC(C)(C)c1ccc(N(c2ccc(C(C)(C)C)cc2)c2ccc3c(c2)N(c2c(-c4ccccc4)cc(-c4ccccc4)cc2-c2cccc4c2oc2ccccc24)c2cc(C(C)(C)C)cc4c2B3c2ccc(N(c3ccc(C(C)(C)C)cc3)c3ccc(C(C)(C)C)cc3)cc2N4c2c(-c3ccccc3)cc(-c3ccccc3)cc2-c2cccc3c2oc2ccccc23)cc1. The van der Waals surface area contributed by atoms with E-state index in [0.29, 0.717) is 0 Å². The molecular weight excluding hydrogens is 1560 g/mol. The van der Waals surface area contributed by atoms with Gasteiger partial charge in [0.1, 0.15) is 22.3 Å². The van der Waals surface area contributed by atoms with Crippen LogP contribution in [0.1, 0.15) is 132 Å². The number of benzene rings is 17. The van der Waals surface area contributed by atoms with E-state index in [0.717, 1.165) is 195 Å². The first-order valence-corrected chi connectivity index (χ1v) is 45.6. The Morgan fingerprint density at radius 2 is 0.504 bits per heavy atom. The number of rotatable bonds is 14. The molecule has 0 amide bonds. The molecule has 0 fully saturated rings. The van der Waals surface area contributed by atoms with E-state index < -0.39 is 12.1 Å². The molecule has 0 atom stereocenters.